The Kier molecular flexibility index (Phi) is 7.63. The molecule has 4 nitrogen and oxygen atoms in total. The van der Waals surface area contributed by atoms with Crippen molar-refractivity contribution in [2.45, 2.75) is 24.9 Å². The van der Waals surface area contributed by atoms with Crippen molar-refractivity contribution in [1.82, 2.24) is 0 Å². The van der Waals surface area contributed by atoms with Gasteiger partial charge in [-0.1, -0.05) is 60.7 Å². The first-order valence-corrected chi connectivity index (χ1v) is 12.1. The van der Waals surface area contributed by atoms with E-state index in [2.05, 4.69) is 7.05 Å². The lowest BCUT2D eigenvalue weighted by Gasteiger charge is -2.38. The summed E-state index contributed by atoms with van der Waals surface area (Å²) in [5.74, 6) is -1.45. The van der Waals surface area contributed by atoms with E-state index < -0.39 is 17.0 Å². The van der Waals surface area contributed by atoms with Gasteiger partial charge in [0, 0.05) is 24.8 Å². The maximum Gasteiger partial charge on any atom is 0.233 e. The van der Waals surface area contributed by atoms with Crippen molar-refractivity contribution in [1.29, 1.82) is 0 Å². The summed E-state index contributed by atoms with van der Waals surface area (Å²) in [6.45, 7) is 3.31. The molecule has 4 rings (SSSR count). The number of ether oxygens (including phenoxy) is 1. The van der Waals surface area contributed by atoms with E-state index in [0.29, 0.717) is 12.2 Å². The number of likely N-dealkylation sites (tertiary alicyclic amines) is 1. The van der Waals surface area contributed by atoms with Crippen LogP contribution >= 0.6 is 0 Å². The van der Waals surface area contributed by atoms with E-state index in [9.17, 15) is 13.6 Å². The monoisotopic (exact) mass is 479 g/mol. The van der Waals surface area contributed by atoms with Gasteiger partial charge in [0.05, 0.1) is 39.9 Å². The number of benzene rings is 3. The molecule has 2 unspecified atom stereocenters. The predicted octanol–water partition coefficient (Wildman–Crippen LogP) is 4.81. The van der Waals surface area contributed by atoms with Gasteiger partial charge < -0.3 is 15.0 Å². The second-order valence-corrected chi connectivity index (χ2v) is 9.82. The van der Waals surface area contributed by atoms with Crippen LogP contribution in [0.4, 0.5) is 8.78 Å². The van der Waals surface area contributed by atoms with Crippen LogP contribution in [-0.2, 0) is 21.6 Å². The third-order valence-corrected chi connectivity index (χ3v) is 7.32. The highest BCUT2D eigenvalue weighted by atomic mass is 19.1. The quantitative estimate of drug-likeness (QED) is 0.335. The molecule has 0 radical (unpaired) electrons. The molecular formula is C29H33F2N2O2+. The normalized spacial score (nSPS) is 20.1. The number of hydrogen-bond acceptors (Lipinski definition) is 2. The van der Waals surface area contributed by atoms with E-state index in [4.69, 9.17) is 10.5 Å². The molecule has 1 aliphatic rings. The highest BCUT2D eigenvalue weighted by Gasteiger charge is 2.53. The van der Waals surface area contributed by atoms with Crippen LogP contribution in [0.3, 0.4) is 0 Å². The Bertz CT molecular complexity index is 1080. The Labute approximate surface area is 205 Å². The van der Waals surface area contributed by atoms with Crippen LogP contribution in [0.1, 0.15) is 29.5 Å². The van der Waals surface area contributed by atoms with Crippen LogP contribution in [0.5, 0.6) is 0 Å². The first-order chi connectivity index (χ1) is 16.8. The topological polar surface area (TPSA) is 52.3 Å². The summed E-state index contributed by atoms with van der Waals surface area (Å²) in [6.07, 6.45) is 1.69. The van der Waals surface area contributed by atoms with Crippen molar-refractivity contribution < 1.29 is 22.8 Å². The van der Waals surface area contributed by atoms with E-state index in [1.807, 2.05) is 60.7 Å². The van der Waals surface area contributed by atoms with Crippen molar-refractivity contribution in [3.63, 3.8) is 0 Å². The number of halogens is 2. The van der Waals surface area contributed by atoms with Crippen molar-refractivity contribution in [2.75, 3.05) is 33.3 Å². The maximum absolute atomic E-state index is 13.4. The van der Waals surface area contributed by atoms with Crippen LogP contribution in [0.15, 0.2) is 78.9 Å². The largest absolute Gasteiger partial charge is 0.377 e. The van der Waals surface area contributed by atoms with Crippen LogP contribution in [0, 0.1) is 17.6 Å². The first-order valence-electron chi connectivity index (χ1n) is 12.1. The zero-order valence-electron chi connectivity index (χ0n) is 20.1. The molecule has 0 saturated carbocycles. The Balaban J connectivity index is 1.45. The average molecular weight is 480 g/mol. The molecule has 1 saturated heterocycles. The van der Waals surface area contributed by atoms with Gasteiger partial charge in [-0.25, -0.2) is 8.78 Å². The molecule has 6 heteroatoms. The zero-order chi connectivity index (χ0) is 24.9. The fourth-order valence-electron chi connectivity index (χ4n) is 5.70. The van der Waals surface area contributed by atoms with Crippen molar-refractivity contribution in [3.05, 3.63) is 107 Å². The van der Waals surface area contributed by atoms with Crippen molar-refractivity contribution >= 4 is 5.91 Å². The fourth-order valence-corrected chi connectivity index (χ4v) is 5.70. The van der Waals surface area contributed by atoms with Gasteiger partial charge in [0.15, 0.2) is 0 Å². The van der Waals surface area contributed by atoms with Gasteiger partial charge in [0.1, 0.15) is 17.0 Å². The average Bonchev–Trinajstić information content (AvgIpc) is 3.22. The summed E-state index contributed by atoms with van der Waals surface area (Å²) in [6, 6.07) is 23.2. The van der Waals surface area contributed by atoms with E-state index in [1.165, 1.54) is 12.1 Å². The third-order valence-electron chi connectivity index (χ3n) is 7.32. The molecule has 3 aromatic rings. The molecule has 2 N–H and O–H groups in total. The first kappa shape index (κ1) is 25.0. The van der Waals surface area contributed by atoms with Crippen LogP contribution in [0.2, 0.25) is 0 Å². The number of hydrogen-bond donors (Lipinski definition) is 1. The third kappa shape index (κ3) is 5.44. The molecule has 35 heavy (non-hydrogen) atoms. The Morgan fingerprint density at radius 2 is 1.57 bits per heavy atom. The highest BCUT2D eigenvalue weighted by molar-refractivity contribution is 5.91. The minimum atomic E-state index is -0.892. The number of quaternary nitrogens is 1. The molecule has 2 atom stereocenters. The van der Waals surface area contributed by atoms with E-state index in [-0.39, 0.29) is 18.4 Å². The molecule has 184 valence electrons. The molecular weight excluding hydrogens is 446 g/mol. The molecule has 1 aliphatic heterocycles. The van der Waals surface area contributed by atoms with Crippen LogP contribution in [-0.4, -0.2) is 43.7 Å². The maximum atomic E-state index is 13.4. The van der Waals surface area contributed by atoms with E-state index in [0.717, 1.165) is 54.2 Å². The zero-order valence-corrected chi connectivity index (χ0v) is 20.1. The van der Waals surface area contributed by atoms with Gasteiger partial charge in [-0.15, -0.1) is 0 Å². The van der Waals surface area contributed by atoms with Crippen LogP contribution < -0.4 is 5.73 Å². The number of nitrogens with two attached hydrogens (primary N) is 1. The Morgan fingerprint density at radius 3 is 2.11 bits per heavy atom. The summed E-state index contributed by atoms with van der Waals surface area (Å²) >= 11 is 0. The van der Waals surface area contributed by atoms with Crippen molar-refractivity contribution in [3.8, 4) is 0 Å². The lowest BCUT2D eigenvalue weighted by atomic mass is 9.64. The predicted molar refractivity (Wildman–Crippen MR) is 132 cm³/mol. The van der Waals surface area contributed by atoms with Gasteiger partial charge in [-0.05, 0) is 28.8 Å². The van der Waals surface area contributed by atoms with Gasteiger partial charge >= 0.3 is 0 Å². The van der Waals surface area contributed by atoms with E-state index >= 15 is 0 Å². The summed E-state index contributed by atoms with van der Waals surface area (Å²) < 4.78 is 33.2. The lowest BCUT2D eigenvalue weighted by Crippen LogP contribution is -2.51. The molecule has 3 aromatic carbocycles. The molecule has 1 amide bonds. The van der Waals surface area contributed by atoms with Gasteiger partial charge in [-0.2, -0.15) is 0 Å². The summed E-state index contributed by atoms with van der Waals surface area (Å²) in [7, 11) is 2.21. The number of primary amides is 1. The number of nitrogens with zero attached hydrogens (tertiary/aromatic N) is 1. The van der Waals surface area contributed by atoms with Gasteiger partial charge in [0.2, 0.25) is 5.91 Å². The second kappa shape index (κ2) is 10.7. The molecule has 0 spiro atoms. The molecule has 1 heterocycles. The van der Waals surface area contributed by atoms with Gasteiger partial charge in [-0.3, -0.25) is 4.79 Å². The number of rotatable bonds is 10. The smallest absolute Gasteiger partial charge is 0.233 e. The fraction of sp³-hybridized carbons (Fsp3) is 0.345. The molecule has 1 fully saturated rings. The van der Waals surface area contributed by atoms with E-state index in [1.54, 1.807) is 0 Å². The summed E-state index contributed by atoms with van der Waals surface area (Å²) in [5, 5.41) is 0. The SMILES string of the molecule is C[N+]1(CCCOCc2cc(F)cc(F)c2)CCC(C(C(N)=O)(c2ccccc2)c2ccccc2)C1. The highest BCUT2D eigenvalue weighted by Crippen LogP contribution is 2.45. The minimum Gasteiger partial charge on any atom is -0.377 e. The van der Waals surface area contributed by atoms with Crippen molar-refractivity contribution in [2.24, 2.45) is 11.7 Å². The minimum absolute atomic E-state index is 0.0611. The number of carbonyl (C=O) groups is 1. The summed E-state index contributed by atoms with van der Waals surface area (Å²) in [4.78, 5) is 13.2. The summed E-state index contributed by atoms with van der Waals surface area (Å²) in [5.41, 5.74) is 7.66. The Morgan fingerprint density at radius 1 is 1.00 bits per heavy atom. The molecule has 0 aromatic heterocycles. The van der Waals surface area contributed by atoms with Crippen LogP contribution in [0.25, 0.3) is 0 Å². The Hall–Kier alpha value is -3.09. The lowest BCUT2D eigenvalue weighted by molar-refractivity contribution is -0.899. The number of carbonyl (C=O) groups excluding carboxylic acids is 1. The van der Waals surface area contributed by atoms with Gasteiger partial charge in [0.25, 0.3) is 0 Å². The molecule has 0 aliphatic carbocycles. The molecule has 0 bridgehead atoms. The second-order valence-electron chi connectivity index (χ2n) is 9.82. The number of amides is 1. The standard InChI is InChI=1S/C29H32F2N2O2/c1-33(14-8-16-35-21-22-17-26(30)19-27(31)18-22)15-13-25(20-33)29(28(32)34,23-9-4-2-5-10-23)24-11-6-3-7-12-24/h2-7,9-12,17-19,25H,8,13-16,20-21H2,1H3,(H-,32,34)/p+1.